The van der Waals surface area contributed by atoms with Gasteiger partial charge in [-0.2, -0.15) is 0 Å². The average molecular weight is 1020 g/mol. The van der Waals surface area contributed by atoms with Crippen molar-refractivity contribution in [1.82, 2.24) is 10.6 Å². The third-order valence-electron chi connectivity index (χ3n) is 15.3. The summed E-state index contributed by atoms with van der Waals surface area (Å²) >= 11 is 0. The van der Waals surface area contributed by atoms with Gasteiger partial charge in [0.1, 0.15) is 23.0 Å². The summed E-state index contributed by atoms with van der Waals surface area (Å²) in [6, 6.07) is 18.4. The Morgan fingerprint density at radius 2 is 0.405 bits per heavy atom. The molecule has 0 heterocycles. The number of phenolic OH excluding ortho intramolecular Hbond substituents is 4. The van der Waals surface area contributed by atoms with Crippen molar-refractivity contribution in [3.63, 3.8) is 0 Å². The van der Waals surface area contributed by atoms with E-state index in [2.05, 4.69) is 225 Å². The Hall–Kier alpha value is -4.00. The van der Waals surface area contributed by atoms with Crippen LogP contribution in [0.4, 0.5) is 0 Å². The smallest absolute Gasteiger partial charge is 0.123 e. The van der Waals surface area contributed by atoms with Gasteiger partial charge in [0, 0.05) is 25.2 Å². The van der Waals surface area contributed by atoms with Crippen LogP contribution in [0.5, 0.6) is 23.0 Å². The van der Waals surface area contributed by atoms with Crippen molar-refractivity contribution >= 4 is 0 Å². The number of hydrogen-bond donors (Lipinski definition) is 6. The number of nitrogens with one attached hydrogen (secondary N) is 2. The fourth-order valence-corrected chi connectivity index (χ4v) is 10.5. The Morgan fingerprint density at radius 3 is 0.527 bits per heavy atom. The molecule has 4 aromatic rings. The third-order valence-corrected chi connectivity index (χ3v) is 15.3. The first kappa shape index (κ1) is 62.5. The van der Waals surface area contributed by atoms with Crippen molar-refractivity contribution < 1.29 is 20.4 Å². The zero-order valence-electron chi connectivity index (χ0n) is 51.6. The van der Waals surface area contributed by atoms with Crippen molar-refractivity contribution in [1.29, 1.82) is 0 Å². The molecule has 0 bridgehead atoms. The van der Waals surface area contributed by atoms with Gasteiger partial charge in [0.2, 0.25) is 0 Å². The molecular weight excluding hydrogens is 909 g/mol. The topological polar surface area (TPSA) is 105 Å². The average Bonchev–Trinajstić information content (AvgIpc) is 3.21. The van der Waals surface area contributed by atoms with E-state index in [0.29, 0.717) is 23.0 Å². The molecular formula is C68H108N2O4. The van der Waals surface area contributed by atoms with Gasteiger partial charge in [-0.3, -0.25) is 0 Å². The van der Waals surface area contributed by atoms with E-state index in [9.17, 15) is 20.4 Å². The van der Waals surface area contributed by atoms with Gasteiger partial charge in [0.05, 0.1) is 0 Å². The summed E-state index contributed by atoms with van der Waals surface area (Å²) in [5.74, 6) is 1.69. The number of rotatable bonds is 17. The standard InChI is InChI=1S/C68H108N2O4/c1-61(2,3)49-35-43(36-50(57(49)71)62(4,5)6)25-29-47(30-26-44-37-51(63(7,8)9)58(72)52(38-44)64(10,11)12)69-33-34-70-48(31-27-45-39-53(65(13,14)15)59(73)54(40-45)66(16,17)18)32-28-46-41-55(67(19,20)21)60(74)56(42-46)68(22,23)24/h35-42,47-48,69-74H,25-34H2,1-24H3. The van der Waals surface area contributed by atoms with E-state index in [1.54, 1.807) is 0 Å². The second kappa shape index (κ2) is 22.9. The molecule has 0 fully saturated rings. The minimum absolute atomic E-state index is 0.202. The summed E-state index contributed by atoms with van der Waals surface area (Å²) in [5.41, 5.74) is 11.4. The molecule has 0 aliphatic heterocycles. The van der Waals surface area contributed by atoms with Gasteiger partial charge in [-0.25, -0.2) is 0 Å². The summed E-state index contributed by atoms with van der Waals surface area (Å²) in [6.45, 7) is 54.1. The first-order valence-electron chi connectivity index (χ1n) is 28.3. The zero-order chi connectivity index (χ0) is 56.5. The van der Waals surface area contributed by atoms with Crippen molar-refractivity contribution in [3.8, 4) is 23.0 Å². The molecule has 0 radical (unpaired) electrons. The molecule has 74 heavy (non-hydrogen) atoms. The van der Waals surface area contributed by atoms with Crippen LogP contribution in [0, 0.1) is 0 Å². The number of aryl methyl sites for hydroxylation is 4. The zero-order valence-corrected chi connectivity index (χ0v) is 51.6. The molecule has 0 aliphatic carbocycles. The van der Waals surface area contributed by atoms with E-state index in [1.165, 1.54) is 22.3 Å². The van der Waals surface area contributed by atoms with E-state index < -0.39 is 0 Å². The van der Waals surface area contributed by atoms with Crippen molar-refractivity contribution in [3.05, 3.63) is 115 Å². The van der Waals surface area contributed by atoms with Gasteiger partial charge in [-0.15, -0.1) is 0 Å². The third kappa shape index (κ3) is 16.7. The van der Waals surface area contributed by atoms with Crippen LogP contribution in [-0.2, 0) is 69.0 Å². The maximum absolute atomic E-state index is 11.6. The number of aromatic hydroxyl groups is 4. The second-order valence-corrected chi connectivity index (χ2v) is 30.6. The van der Waals surface area contributed by atoms with Crippen LogP contribution in [0.2, 0.25) is 0 Å². The Kier molecular flexibility index (Phi) is 19.4. The van der Waals surface area contributed by atoms with E-state index in [-0.39, 0.29) is 55.4 Å². The van der Waals surface area contributed by atoms with Crippen molar-refractivity contribution in [2.75, 3.05) is 13.1 Å². The Labute approximate surface area is 453 Å². The summed E-state index contributed by atoms with van der Waals surface area (Å²) in [7, 11) is 0. The molecule has 0 unspecified atom stereocenters. The second-order valence-electron chi connectivity index (χ2n) is 30.6. The first-order valence-corrected chi connectivity index (χ1v) is 28.3. The van der Waals surface area contributed by atoms with E-state index in [0.717, 1.165) is 109 Å². The minimum Gasteiger partial charge on any atom is -0.507 e. The SMILES string of the molecule is CC(C)(C)c1cc(CCC(CCc2cc(C(C)(C)C)c(O)c(C(C)(C)C)c2)NCCNC(CCc2cc(C(C)(C)C)c(O)c(C(C)(C)C)c2)CCc2cc(C(C)(C)C)c(O)c(C(C)(C)C)c2)cc(C(C)(C)C)c1O. The predicted molar refractivity (Wildman–Crippen MR) is 319 cm³/mol. The van der Waals surface area contributed by atoms with Gasteiger partial charge in [-0.1, -0.05) is 215 Å². The van der Waals surface area contributed by atoms with Gasteiger partial charge < -0.3 is 31.1 Å². The molecule has 0 spiro atoms. The number of hydrogen-bond acceptors (Lipinski definition) is 6. The van der Waals surface area contributed by atoms with Gasteiger partial charge in [0.15, 0.2) is 0 Å². The summed E-state index contributed by atoms with van der Waals surface area (Å²) < 4.78 is 0. The van der Waals surface area contributed by atoms with E-state index in [1.807, 2.05) is 0 Å². The molecule has 0 aliphatic rings. The Balaban J connectivity index is 1.71. The Morgan fingerprint density at radius 1 is 0.270 bits per heavy atom. The summed E-state index contributed by atoms with van der Waals surface area (Å²) in [5, 5.41) is 54.5. The monoisotopic (exact) mass is 1020 g/mol. The molecule has 0 amide bonds. The molecule has 0 aromatic heterocycles. The lowest BCUT2D eigenvalue weighted by atomic mass is 9.77. The molecule has 6 N–H and O–H groups in total. The maximum Gasteiger partial charge on any atom is 0.123 e. The van der Waals surface area contributed by atoms with Crippen LogP contribution in [0.3, 0.4) is 0 Å². The van der Waals surface area contributed by atoms with Gasteiger partial charge >= 0.3 is 0 Å². The summed E-state index contributed by atoms with van der Waals surface area (Å²) in [4.78, 5) is 0. The lowest BCUT2D eigenvalue weighted by Crippen LogP contribution is -2.39. The van der Waals surface area contributed by atoms with Crippen LogP contribution in [0.25, 0.3) is 0 Å². The van der Waals surface area contributed by atoms with Crippen LogP contribution < -0.4 is 10.6 Å². The molecule has 6 nitrogen and oxygen atoms in total. The quantitative estimate of drug-likeness (QED) is 0.0589. The first-order chi connectivity index (χ1) is 33.4. The van der Waals surface area contributed by atoms with Crippen molar-refractivity contribution in [2.24, 2.45) is 0 Å². The van der Waals surface area contributed by atoms with Gasteiger partial charge in [0.25, 0.3) is 0 Å². The lowest BCUT2D eigenvalue weighted by Gasteiger charge is -2.29. The van der Waals surface area contributed by atoms with Crippen LogP contribution in [0.1, 0.15) is 259 Å². The highest BCUT2D eigenvalue weighted by Crippen LogP contribution is 2.44. The number of benzene rings is 4. The van der Waals surface area contributed by atoms with Crippen LogP contribution in [0.15, 0.2) is 48.5 Å². The Bertz CT molecular complexity index is 2040. The minimum atomic E-state index is -0.202. The van der Waals surface area contributed by atoms with Crippen molar-refractivity contribution in [2.45, 2.75) is 273 Å². The maximum atomic E-state index is 11.6. The normalized spacial score (nSPS) is 13.7. The molecule has 4 aromatic carbocycles. The van der Waals surface area contributed by atoms with E-state index in [4.69, 9.17) is 0 Å². The molecule has 0 saturated heterocycles. The van der Waals surface area contributed by atoms with Crippen LogP contribution >= 0.6 is 0 Å². The lowest BCUT2D eigenvalue weighted by molar-refractivity contribution is 0.408. The molecule has 4 rings (SSSR count). The molecule has 0 saturated carbocycles. The highest BCUT2D eigenvalue weighted by atomic mass is 16.3. The molecule has 6 heteroatoms. The highest BCUT2D eigenvalue weighted by Gasteiger charge is 2.31. The fourth-order valence-electron chi connectivity index (χ4n) is 10.5. The van der Waals surface area contributed by atoms with Crippen LogP contribution in [-0.4, -0.2) is 45.6 Å². The summed E-state index contributed by atoms with van der Waals surface area (Å²) in [6.07, 6.45) is 7.31. The molecule has 414 valence electrons. The van der Waals surface area contributed by atoms with Gasteiger partial charge in [-0.05, 0) is 161 Å². The van der Waals surface area contributed by atoms with E-state index >= 15 is 0 Å². The number of phenols is 4. The predicted octanol–water partition coefficient (Wildman–Crippen LogP) is 16.6. The highest BCUT2D eigenvalue weighted by molar-refractivity contribution is 5.53. The largest absolute Gasteiger partial charge is 0.507 e. The fraction of sp³-hybridized carbons (Fsp3) is 0.647. The molecule has 0 atom stereocenters.